The predicted molar refractivity (Wildman–Crippen MR) is 86.4 cm³/mol. The second kappa shape index (κ2) is 8.28. The molecule has 0 aliphatic rings. The van der Waals surface area contributed by atoms with E-state index in [0.29, 0.717) is 18.1 Å². The van der Waals surface area contributed by atoms with Gasteiger partial charge < -0.3 is 10.1 Å². The number of nitrogens with zero attached hydrogens (tertiary/aromatic N) is 1. The van der Waals surface area contributed by atoms with Crippen LogP contribution in [0.3, 0.4) is 0 Å². The van der Waals surface area contributed by atoms with Crippen LogP contribution in [0.5, 0.6) is 5.75 Å². The van der Waals surface area contributed by atoms with E-state index in [1.54, 1.807) is 7.11 Å². The molecule has 0 saturated carbocycles. The van der Waals surface area contributed by atoms with E-state index < -0.39 is 0 Å². The lowest BCUT2D eigenvalue weighted by Gasteiger charge is -2.31. The maximum absolute atomic E-state index is 5.42. The van der Waals surface area contributed by atoms with Gasteiger partial charge in [-0.2, -0.15) is 0 Å². The number of nitrogens with one attached hydrogen (secondary N) is 1. The topological polar surface area (TPSA) is 24.5 Å². The Hall–Kier alpha value is -1.06. The summed E-state index contributed by atoms with van der Waals surface area (Å²) in [5, 5.41) is 3.59. The summed E-state index contributed by atoms with van der Waals surface area (Å²) in [7, 11) is 1.73. The van der Waals surface area contributed by atoms with E-state index in [4.69, 9.17) is 4.74 Å². The van der Waals surface area contributed by atoms with Crippen LogP contribution in [0, 0.1) is 0 Å². The van der Waals surface area contributed by atoms with Gasteiger partial charge in [-0.3, -0.25) is 4.90 Å². The molecule has 0 heterocycles. The number of benzene rings is 1. The van der Waals surface area contributed by atoms with Crippen LogP contribution in [0.1, 0.15) is 46.2 Å². The molecule has 3 heteroatoms. The number of rotatable bonds is 8. The molecule has 3 nitrogen and oxygen atoms in total. The molecular weight excluding hydrogens is 248 g/mol. The van der Waals surface area contributed by atoms with Crippen molar-refractivity contribution in [2.75, 3.05) is 20.2 Å². The minimum absolute atomic E-state index is 0.298. The van der Waals surface area contributed by atoms with Gasteiger partial charge in [0.2, 0.25) is 0 Å². The fraction of sp³-hybridized carbons (Fsp3) is 0.647. The highest BCUT2D eigenvalue weighted by atomic mass is 16.5. The molecule has 0 bridgehead atoms. The van der Waals surface area contributed by atoms with Crippen molar-refractivity contribution in [3.8, 4) is 5.75 Å². The molecule has 1 rings (SSSR count). The summed E-state index contributed by atoms with van der Waals surface area (Å²) in [5.41, 5.74) is 1.22. The van der Waals surface area contributed by atoms with Gasteiger partial charge in [-0.1, -0.05) is 18.2 Å². The van der Waals surface area contributed by atoms with Crippen molar-refractivity contribution in [1.29, 1.82) is 0 Å². The van der Waals surface area contributed by atoms with Crippen LogP contribution < -0.4 is 10.1 Å². The molecule has 0 aliphatic heterocycles. The van der Waals surface area contributed by atoms with Crippen molar-refractivity contribution in [2.24, 2.45) is 0 Å². The highest BCUT2D eigenvalue weighted by molar-refractivity contribution is 5.35. The Balaban J connectivity index is 2.53. The SMILES string of the molecule is COc1ccccc1C(C)NCCN(C(C)C)C(C)C. The van der Waals surface area contributed by atoms with E-state index in [2.05, 4.69) is 57.0 Å². The Morgan fingerprint density at radius 2 is 1.65 bits per heavy atom. The molecule has 0 radical (unpaired) electrons. The third-order valence-electron chi connectivity index (χ3n) is 3.75. The zero-order valence-corrected chi connectivity index (χ0v) is 13.8. The summed E-state index contributed by atoms with van der Waals surface area (Å²) < 4.78 is 5.42. The summed E-state index contributed by atoms with van der Waals surface area (Å²) in [6, 6.07) is 9.67. The van der Waals surface area contributed by atoms with Crippen LogP contribution in [0.25, 0.3) is 0 Å². The third kappa shape index (κ3) is 4.80. The van der Waals surface area contributed by atoms with E-state index in [0.717, 1.165) is 18.8 Å². The van der Waals surface area contributed by atoms with Crippen LogP contribution in [0.15, 0.2) is 24.3 Å². The molecule has 114 valence electrons. The molecule has 0 saturated heterocycles. The largest absolute Gasteiger partial charge is 0.496 e. The van der Waals surface area contributed by atoms with Crippen LogP contribution >= 0.6 is 0 Å². The number of ether oxygens (including phenoxy) is 1. The van der Waals surface area contributed by atoms with E-state index in [9.17, 15) is 0 Å². The summed E-state index contributed by atoms with van der Waals surface area (Å²) in [4.78, 5) is 2.50. The Morgan fingerprint density at radius 1 is 1.05 bits per heavy atom. The van der Waals surface area contributed by atoms with Crippen LogP contribution in [-0.4, -0.2) is 37.2 Å². The molecule has 0 fully saturated rings. The monoisotopic (exact) mass is 278 g/mol. The van der Waals surface area contributed by atoms with E-state index >= 15 is 0 Å². The number of para-hydroxylation sites is 1. The van der Waals surface area contributed by atoms with Gasteiger partial charge in [0.05, 0.1) is 7.11 Å². The van der Waals surface area contributed by atoms with Crippen LogP contribution in [-0.2, 0) is 0 Å². The first-order valence-corrected chi connectivity index (χ1v) is 7.59. The summed E-state index contributed by atoms with van der Waals surface area (Å²) >= 11 is 0. The molecular formula is C17H30N2O. The van der Waals surface area contributed by atoms with Gasteiger partial charge in [0, 0.05) is 36.8 Å². The summed E-state index contributed by atoms with van der Waals surface area (Å²) in [6.07, 6.45) is 0. The van der Waals surface area contributed by atoms with Crippen molar-refractivity contribution < 1.29 is 4.74 Å². The van der Waals surface area contributed by atoms with Gasteiger partial charge in [0.25, 0.3) is 0 Å². The lowest BCUT2D eigenvalue weighted by atomic mass is 10.1. The van der Waals surface area contributed by atoms with Crippen molar-refractivity contribution in [3.05, 3.63) is 29.8 Å². The third-order valence-corrected chi connectivity index (χ3v) is 3.75. The highest BCUT2D eigenvalue weighted by Gasteiger charge is 2.14. The van der Waals surface area contributed by atoms with Crippen molar-refractivity contribution in [2.45, 2.75) is 52.7 Å². The molecule has 1 atom stereocenters. The number of hydrogen-bond acceptors (Lipinski definition) is 3. The second-order valence-corrected chi connectivity index (χ2v) is 5.84. The van der Waals surface area contributed by atoms with Gasteiger partial charge >= 0.3 is 0 Å². The minimum Gasteiger partial charge on any atom is -0.496 e. The lowest BCUT2D eigenvalue weighted by molar-refractivity contribution is 0.174. The molecule has 1 N–H and O–H groups in total. The van der Waals surface area contributed by atoms with Crippen molar-refractivity contribution >= 4 is 0 Å². The van der Waals surface area contributed by atoms with E-state index in [1.165, 1.54) is 5.56 Å². The zero-order valence-electron chi connectivity index (χ0n) is 13.8. The Bertz CT molecular complexity index is 382. The van der Waals surface area contributed by atoms with Gasteiger partial charge in [-0.05, 0) is 40.7 Å². The summed E-state index contributed by atoms with van der Waals surface area (Å²) in [6.45, 7) is 13.2. The van der Waals surface area contributed by atoms with Crippen LogP contribution in [0.4, 0.5) is 0 Å². The molecule has 1 unspecified atom stereocenters. The molecule has 0 aliphatic carbocycles. The Kier molecular flexibility index (Phi) is 7.03. The summed E-state index contributed by atoms with van der Waals surface area (Å²) in [5.74, 6) is 0.956. The Labute approximate surface area is 124 Å². The lowest BCUT2D eigenvalue weighted by Crippen LogP contribution is -2.41. The molecule has 1 aromatic carbocycles. The molecule has 0 spiro atoms. The average molecular weight is 278 g/mol. The predicted octanol–water partition coefficient (Wildman–Crippen LogP) is 3.46. The first kappa shape index (κ1) is 17.0. The molecule has 0 aromatic heterocycles. The van der Waals surface area contributed by atoms with Gasteiger partial charge in [-0.15, -0.1) is 0 Å². The van der Waals surface area contributed by atoms with E-state index in [-0.39, 0.29) is 0 Å². The molecule has 20 heavy (non-hydrogen) atoms. The quantitative estimate of drug-likeness (QED) is 0.788. The van der Waals surface area contributed by atoms with E-state index in [1.807, 2.05) is 12.1 Å². The van der Waals surface area contributed by atoms with Crippen LogP contribution in [0.2, 0.25) is 0 Å². The second-order valence-electron chi connectivity index (χ2n) is 5.84. The Morgan fingerprint density at radius 3 is 2.20 bits per heavy atom. The van der Waals surface area contributed by atoms with Crippen molar-refractivity contribution in [1.82, 2.24) is 10.2 Å². The normalized spacial score (nSPS) is 13.2. The van der Waals surface area contributed by atoms with Gasteiger partial charge in [-0.25, -0.2) is 0 Å². The molecule has 0 amide bonds. The van der Waals surface area contributed by atoms with Gasteiger partial charge in [0.1, 0.15) is 5.75 Å². The van der Waals surface area contributed by atoms with Gasteiger partial charge in [0.15, 0.2) is 0 Å². The zero-order chi connectivity index (χ0) is 15.1. The molecule has 1 aromatic rings. The fourth-order valence-corrected chi connectivity index (χ4v) is 2.66. The number of hydrogen-bond donors (Lipinski definition) is 1. The minimum atomic E-state index is 0.298. The number of methoxy groups -OCH3 is 1. The maximum Gasteiger partial charge on any atom is 0.123 e. The maximum atomic E-state index is 5.42. The highest BCUT2D eigenvalue weighted by Crippen LogP contribution is 2.24. The smallest absolute Gasteiger partial charge is 0.123 e. The standard InChI is InChI=1S/C17H30N2O/c1-13(2)19(14(3)4)12-11-18-15(5)16-9-7-8-10-17(16)20-6/h7-10,13-15,18H,11-12H2,1-6H3. The first-order chi connectivity index (χ1) is 9.47. The first-order valence-electron chi connectivity index (χ1n) is 7.59. The fourth-order valence-electron chi connectivity index (χ4n) is 2.66. The average Bonchev–Trinajstić information content (AvgIpc) is 2.42. The van der Waals surface area contributed by atoms with Crippen molar-refractivity contribution in [3.63, 3.8) is 0 Å².